The molecule has 0 heterocycles. The van der Waals surface area contributed by atoms with E-state index in [0.717, 1.165) is 5.56 Å². The third kappa shape index (κ3) is 4.21. The van der Waals surface area contributed by atoms with Crippen LogP contribution in [-0.4, -0.2) is 17.4 Å². The second kappa shape index (κ2) is 7.45. The van der Waals surface area contributed by atoms with Crippen LogP contribution in [0, 0.1) is 11.8 Å². The topological polar surface area (TPSA) is 43.4 Å². The van der Waals surface area contributed by atoms with Crippen LogP contribution in [0.1, 0.15) is 55.5 Å². The lowest BCUT2D eigenvalue weighted by Crippen LogP contribution is -2.28. The number of ether oxygens (including phenoxy) is 1. The van der Waals surface area contributed by atoms with Crippen LogP contribution in [0.3, 0.4) is 0 Å². The van der Waals surface area contributed by atoms with Gasteiger partial charge in [0.1, 0.15) is 5.60 Å². The lowest BCUT2D eigenvalue weighted by atomic mass is 9.84. The van der Waals surface area contributed by atoms with Crippen molar-refractivity contribution >= 4 is 11.8 Å². The number of benzene rings is 2. The highest BCUT2D eigenvalue weighted by Crippen LogP contribution is 2.45. The van der Waals surface area contributed by atoms with Gasteiger partial charge in [0, 0.05) is 11.5 Å². The summed E-state index contributed by atoms with van der Waals surface area (Å²) in [5.74, 6) is -0.469. The molecule has 2 aromatic carbocycles. The Morgan fingerprint density at radius 3 is 2.04 bits per heavy atom. The molecule has 0 unspecified atom stereocenters. The van der Waals surface area contributed by atoms with Crippen LogP contribution >= 0.6 is 0 Å². The zero-order valence-corrected chi connectivity index (χ0v) is 15.6. The van der Waals surface area contributed by atoms with Crippen LogP contribution in [0.5, 0.6) is 0 Å². The van der Waals surface area contributed by atoms with Crippen molar-refractivity contribution in [3.63, 3.8) is 0 Å². The van der Waals surface area contributed by atoms with Gasteiger partial charge in [-0.25, -0.2) is 0 Å². The van der Waals surface area contributed by atoms with E-state index in [0.29, 0.717) is 18.4 Å². The van der Waals surface area contributed by atoms with Gasteiger partial charge in [0.15, 0.2) is 5.78 Å². The highest BCUT2D eigenvalue weighted by molar-refractivity contribution is 5.99. The number of hydrogen-bond donors (Lipinski definition) is 0. The number of esters is 1. The van der Waals surface area contributed by atoms with E-state index in [-0.39, 0.29) is 29.5 Å². The zero-order valence-electron chi connectivity index (χ0n) is 15.6. The minimum absolute atomic E-state index is 0.0430. The Morgan fingerprint density at radius 1 is 0.885 bits per heavy atom. The Balaban J connectivity index is 1.87. The first-order valence-electron chi connectivity index (χ1n) is 9.22. The molecule has 1 aliphatic carbocycles. The summed E-state index contributed by atoms with van der Waals surface area (Å²) in [5.41, 5.74) is 1.32. The number of carbonyl (C=O) groups excluding carboxylic acids is 2. The molecule has 0 amide bonds. The highest BCUT2D eigenvalue weighted by atomic mass is 16.6. The molecule has 3 heteroatoms. The molecule has 1 fully saturated rings. The minimum Gasteiger partial charge on any atom is -0.460 e. The van der Waals surface area contributed by atoms with Crippen molar-refractivity contribution in [1.29, 1.82) is 0 Å². The van der Waals surface area contributed by atoms with E-state index in [9.17, 15) is 9.59 Å². The fourth-order valence-electron chi connectivity index (χ4n) is 3.79. The molecular weight excluding hydrogens is 324 g/mol. The van der Waals surface area contributed by atoms with E-state index in [1.54, 1.807) is 0 Å². The van der Waals surface area contributed by atoms with Crippen molar-refractivity contribution in [2.45, 2.75) is 45.1 Å². The monoisotopic (exact) mass is 350 g/mol. The molecule has 0 radical (unpaired) electrons. The van der Waals surface area contributed by atoms with Gasteiger partial charge in [0.25, 0.3) is 0 Å². The van der Waals surface area contributed by atoms with Gasteiger partial charge in [-0.2, -0.15) is 0 Å². The summed E-state index contributed by atoms with van der Waals surface area (Å²) in [7, 11) is 0. The molecule has 1 aliphatic rings. The minimum atomic E-state index is -0.513. The predicted octanol–water partition coefficient (Wildman–Crippen LogP) is 5.02. The molecule has 0 aliphatic heterocycles. The van der Waals surface area contributed by atoms with E-state index in [2.05, 4.69) is 0 Å². The number of carbonyl (C=O) groups is 2. The van der Waals surface area contributed by atoms with E-state index in [1.165, 1.54) is 0 Å². The summed E-state index contributed by atoms with van der Waals surface area (Å²) in [5, 5.41) is 0. The number of Topliss-reactive ketones (excluding diaryl/α,β-unsaturated/α-hetero) is 1. The third-order valence-corrected chi connectivity index (χ3v) is 4.93. The molecule has 0 N–H and O–H groups in total. The molecule has 3 atom stereocenters. The van der Waals surface area contributed by atoms with Crippen LogP contribution in [0.15, 0.2) is 60.7 Å². The first kappa shape index (κ1) is 18.4. The van der Waals surface area contributed by atoms with E-state index < -0.39 is 5.60 Å². The average Bonchev–Trinajstić information content (AvgIpc) is 3.07. The summed E-state index contributed by atoms with van der Waals surface area (Å²) in [6.45, 7) is 5.63. The van der Waals surface area contributed by atoms with Gasteiger partial charge in [0.2, 0.25) is 0 Å². The van der Waals surface area contributed by atoms with Crippen molar-refractivity contribution in [3.05, 3.63) is 71.8 Å². The van der Waals surface area contributed by atoms with Crippen molar-refractivity contribution in [2.24, 2.45) is 11.8 Å². The molecule has 0 spiro atoms. The molecule has 0 saturated heterocycles. The number of ketones is 1. The quantitative estimate of drug-likeness (QED) is 0.574. The van der Waals surface area contributed by atoms with E-state index in [1.807, 2.05) is 81.4 Å². The van der Waals surface area contributed by atoms with Gasteiger partial charge < -0.3 is 4.74 Å². The van der Waals surface area contributed by atoms with Crippen LogP contribution in [0.25, 0.3) is 0 Å². The Morgan fingerprint density at radius 2 is 1.46 bits per heavy atom. The second-order valence-corrected chi connectivity index (χ2v) is 8.06. The largest absolute Gasteiger partial charge is 0.460 e. The molecule has 3 nitrogen and oxygen atoms in total. The van der Waals surface area contributed by atoms with Crippen LogP contribution in [0.4, 0.5) is 0 Å². The van der Waals surface area contributed by atoms with Gasteiger partial charge in [-0.05, 0) is 45.1 Å². The van der Waals surface area contributed by atoms with Crippen molar-refractivity contribution in [3.8, 4) is 0 Å². The zero-order chi connectivity index (χ0) is 18.7. The highest BCUT2D eigenvalue weighted by Gasteiger charge is 2.43. The van der Waals surface area contributed by atoms with Crippen LogP contribution in [0.2, 0.25) is 0 Å². The number of hydrogen-bond acceptors (Lipinski definition) is 3. The van der Waals surface area contributed by atoms with Gasteiger partial charge >= 0.3 is 5.97 Å². The Labute approximate surface area is 155 Å². The maximum absolute atomic E-state index is 13.1. The van der Waals surface area contributed by atoms with E-state index >= 15 is 0 Å². The fraction of sp³-hybridized carbons (Fsp3) is 0.391. The first-order chi connectivity index (χ1) is 12.3. The SMILES string of the molecule is CC(C)(C)OC(=O)[C@H]1C[C@@H](C(=O)c2ccccc2)[C@H](c2ccccc2)C1. The van der Waals surface area contributed by atoms with Gasteiger partial charge in [0.05, 0.1) is 5.92 Å². The summed E-state index contributed by atoms with van der Waals surface area (Å²) < 4.78 is 5.59. The summed E-state index contributed by atoms with van der Waals surface area (Å²) in [4.78, 5) is 25.7. The second-order valence-electron chi connectivity index (χ2n) is 8.06. The molecule has 2 aromatic rings. The molecule has 0 aromatic heterocycles. The van der Waals surface area contributed by atoms with E-state index in [4.69, 9.17) is 4.74 Å². The lowest BCUT2D eigenvalue weighted by molar-refractivity contribution is -0.159. The Kier molecular flexibility index (Phi) is 5.26. The standard InChI is InChI=1S/C23H26O3/c1-23(2,3)26-22(25)18-14-19(16-10-6-4-7-11-16)20(15-18)21(24)17-12-8-5-9-13-17/h4-13,18-20H,14-15H2,1-3H3/t18-,19+,20-/m1/s1. The molecular formula is C23H26O3. The van der Waals surface area contributed by atoms with Crippen molar-refractivity contribution < 1.29 is 14.3 Å². The Bertz CT molecular complexity index is 759. The summed E-state index contributed by atoms with van der Waals surface area (Å²) in [6, 6.07) is 19.4. The first-order valence-corrected chi connectivity index (χ1v) is 9.22. The number of rotatable bonds is 4. The molecule has 0 bridgehead atoms. The van der Waals surface area contributed by atoms with Gasteiger partial charge in [-0.1, -0.05) is 60.7 Å². The van der Waals surface area contributed by atoms with Gasteiger partial charge in [-0.15, -0.1) is 0 Å². The normalized spacial score (nSPS) is 22.8. The Hall–Kier alpha value is -2.42. The third-order valence-electron chi connectivity index (χ3n) is 4.93. The molecule has 1 saturated carbocycles. The van der Waals surface area contributed by atoms with Crippen LogP contribution < -0.4 is 0 Å². The lowest BCUT2D eigenvalue weighted by Gasteiger charge is -2.22. The summed E-state index contributed by atoms with van der Waals surface area (Å²) >= 11 is 0. The summed E-state index contributed by atoms with van der Waals surface area (Å²) in [6.07, 6.45) is 1.20. The molecule has 26 heavy (non-hydrogen) atoms. The molecule has 136 valence electrons. The fourth-order valence-corrected chi connectivity index (χ4v) is 3.79. The smallest absolute Gasteiger partial charge is 0.309 e. The van der Waals surface area contributed by atoms with Crippen LogP contribution in [-0.2, 0) is 9.53 Å². The predicted molar refractivity (Wildman–Crippen MR) is 102 cm³/mol. The average molecular weight is 350 g/mol. The van der Waals surface area contributed by atoms with Crippen molar-refractivity contribution in [1.82, 2.24) is 0 Å². The van der Waals surface area contributed by atoms with Crippen molar-refractivity contribution in [2.75, 3.05) is 0 Å². The maximum atomic E-state index is 13.1. The maximum Gasteiger partial charge on any atom is 0.309 e. The van der Waals surface area contributed by atoms with Gasteiger partial charge in [-0.3, -0.25) is 9.59 Å². The molecule has 3 rings (SSSR count).